The molecular weight excluding hydrogens is 232 g/mol. The molecule has 0 bridgehead atoms. The maximum absolute atomic E-state index is 12.0. The molecule has 7 nitrogen and oxygen atoms in total. The maximum Gasteiger partial charge on any atom is 0.255 e. The summed E-state index contributed by atoms with van der Waals surface area (Å²) < 4.78 is 1.64. The standard InChI is InChI=1S/C11H16N6O/c1-3-9-8(6-17(2)16-9)11(18)13-4-7-5-14-15-10(7)12/h5-6H,3-4H2,1-2H3,(H,13,18)(H3,12,14,15). The van der Waals surface area contributed by atoms with Gasteiger partial charge in [0, 0.05) is 25.4 Å². The van der Waals surface area contributed by atoms with Crippen LogP contribution < -0.4 is 11.1 Å². The number of rotatable bonds is 4. The first-order valence-electron chi connectivity index (χ1n) is 5.70. The normalized spacial score (nSPS) is 10.6. The van der Waals surface area contributed by atoms with Crippen molar-refractivity contribution in [3.63, 3.8) is 0 Å². The molecule has 0 aliphatic carbocycles. The van der Waals surface area contributed by atoms with Gasteiger partial charge in [-0.05, 0) is 6.42 Å². The van der Waals surface area contributed by atoms with E-state index in [-0.39, 0.29) is 5.91 Å². The van der Waals surface area contributed by atoms with E-state index in [4.69, 9.17) is 5.73 Å². The highest BCUT2D eigenvalue weighted by atomic mass is 16.1. The van der Waals surface area contributed by atoms with Crippen LogP contribution in [0.4, 0.5) is 5.82 Å². The van der Waals surface area contributed by atoms with Crippen LogP contribution in [-0.2, 0) is 20.0 Å². The van der Waals surface area contributed by atoms with Crippen LogP contribution in [0, 0.1) is 0 Å². The van der Waals surface area contributed by atoms with Crippen molar-refractivity contribution in [3.05, 3.63) is 29.2 Å². The Hall–Kier alpha value is -2.31. The number of carbonyl (C=O) groups is 1. The first kappa shape index (κ1) is 12.2. The lowest BCUT2D eigenvalue weighted by atomic mass is 10.2. The van der Waals surface area contributed by atoms with Gasteiger partial charge in [-0.2, -0.15) is 10.2 Å². The van der Waals surface area contributed by atoms with Gasteiger partial charge in [-0.3, -0.25) is 14.6 Å². The molecule has 2 heterocycles. The second-order valence-electron chi connectivity index (χ2n) is 4.01. The number of nitrogens with two attached hydrogens (primary N) is 1. The molecule has 0 aliphatic heterocycles. The van der Waals surface area contributed by atoms with E-state index in [1.165, 1.54) is 0 Å². The number of carbonyl (C=O) groups excluding carboxylic acids is 1. The third-order valence-electron chi connectivity index (χ3n) is 2.68. The number of hydrogen-bond acceptors (Lipinski definition) is 4. The third kappa shape index (κ3) is 2.34. The summed E-state index contributed by atoms with van der Waals surface area (Å²) >= 11 is 0. The zero-order valence-electron chi connectivity index (χ0n) is 10.4. The Morgan fingerprint density at radius 2 is 2.39 bits per heavy atom. The number of nitrogens with one attached hydrogen (secondary N) is 2. The number of H-pyrrole nitrogens is 1. The highest BCUT2D eigenvalue weighted by Crippen LogP contribution is 2.09. The van der Waals surface area contributed by atoms with Crippen LogP contribution in [0.1, 0.15) is 28.5 Å². The minimum Gasteiger partial charge on any atom is -0.384 e. The molecule has 0 atom stereocenters. The largest absolute Gasteiger partial charge is 0.384 e. The zero-order chi connectivity index (χ0) is 13.1. The molecule has 96 valence electrons. The van der Waals surface area contributed by atoms with Crippen LogP contribution in [0.5, 0.6) is 0 Å². The molecule has 2 aromatic rings. The predicted octanol–water partition coefficient (Wildman–Crippen LogP) is 0.218. The molecule has 0 aromatic carbocycles. The molecule has 0 radical (unpaired) electrons. The Bertz CT molecular complexity index is 556. The van der Waals surface area contributed by atoms with Gasteiger partial charge < -0.3 is 11.1 Å². The number of aromatic nitrogens is 4. The summed E-state index contributed by atoms with van der Waals surface area (Å²) in [5.41, 5.74) is 7.79. The average Bonchev–Trinajstić information content (AvgIpc) is 2.92. The van der Waals surface area contributed by atoms with Crippen molar-refractivity contribution in [2.24, 2.45) is 7.05 Å². The average molecular weight is 248 g/mol. The maximum atomic E-state index is 12.0. The van der Waals surface area contributed by atoms with Crippen molar-refractivity contribution in [2.75, 3.05) is 5.73 Å². The Balaban J connectivity index is 2.06. The fraction of sp³-hybridized carbons (Fsp3) is 0.364. The molecule has 7 heteroatoms. The molecule has 2 rings (SSSR count). The van der Waals surface area contributed by atoms with Gasteiger partial charge in [0.05, 0.1) is 17.5 Å². The molecule has 0 unspecified atom stereocenters. The quantitative estimate of drug-likeness (QED) is 0.720. The predicted molar refractivity (Wildman–Crippen MR) is 66.8 cm³/mol. The topological polar surface area (TPSA) is 102 Å². The summed E-state index contributed by atoms with van der Waals surface area (Å²) in [5.74, 6) is 0.317. The van der Waals surface area contributed by atoms with Crippen LogP contribution in [0.15, 0.2) is 12.4 Å². The number of hydrogen-bond donors (Lipinski definition) is 3. The van der Waals surface area contributed by atoms with Crippen molar-refractivity contribution >= 4 is 11.7 Å². The Labute approximate surface area is 104 Å². The van der Waals surface area contributed by atoms with Gasteiger partial charge in [-0.15, -0.1) is 0 Å². The number of aromatic amines is 1. The highest BCUT2D eigenvalue weighted by Gasteiger charge is 2.14. The molecule has 0 saturated heterocycles. The summed E-state index contributed by atoms with van der Waals surface area (Å²) in [7, 11) is 1.80. The van der Waals surface area contributed by atoms with Gasteiger partial charge >= 0.3 is 0 Å². The van der Waals surface area contributed by atoms with E-state index in [1.807, 2.05) is 6.92 Å². The van der Waals surface area contributed by atoms with Crippen LogP contribution in [0.2, 0.25) is 0 Å². The lowest BCUT2D eigenvalue weighted by Gasteiger charge is -2.03. The zero-order valence-corrected chi connectivity index (χ0v) is 10.4. The fourth-order valence-corrected chi connectivity index (χ4v) is 1.72. The monoisotopic (exact) mass is 248 g/mol. The molecule has 0 aliphatic rings. The molecule has 0 saturated carbocycles. The molecule has 0 spiro atoms. The van der Waals surface area contributed by atoms with Gasteiger partial charge in [0.2, 0.25) is 0 Å². The van der Waals surface area contributed by atoms with Gasteiger partial charge in [-0.1, -0.05) is 6.92 Å². The lowest BCUT2D eigenvalue weighted by molar-refractivity contribution is 0.0950. The van der Waals surface area contributed by atoms with Crippen molar-refractivity contribution in [1.82, 2.24) is 25.3 Å². The van der Waals surface area contributed by atoms with Crippen molar-refractivity contribution in [1.29, 1.82) is 0 Å². The molecule has 18 heavy (non-hydrogen) atoms. The van der Waals surface area contributed by atoms with Crippen LogP contribution >= 0.6 is 0 Å². The van der Waals surface area contributed by atoms with E-state index in [1.54, 1.807) is 24.1 Å². The van der Waals surface area contributed by atoms with Crippen molar-refractivity contribution in [2.45, 2.75) is 19.9 Å². The van der Waals surface area contributed by atoms with E-state index in [2.05, 4.69) is 20.6 Å². The molecule has 2 aromatic heterocycles. The van der Waals surface area contributed by atoms with E-state index in [9.17, 15) is 4.79 Å². The van der Waals surface area contributed by atoms with E-state index < -0.39 is 0 Å². The number of nitrogen functional groups attached to an aromatic ring is 1. The highest BCUT2D eigenvalue weighted by molar-refractivity contribution is 5.95. The van der Waals surface area contributed by atoms with E-state index in [0.717, 1.165) is 17.7 Å². The first-order chi connectivity index (χ1) is 8.61. The number of nitrogens with zero attached hydrogens (tertiary/aromatic N) is 3. The first-order valence-corrected chi connectivity index (χ1v) is 5.70. The smallest absolute Gasteiger partial charge is 0.255 e. The molecule has 4 N–H and O–H groups in total. The number of amides is 1. The van der Waals surface area contributed by atoms with Gasteiger partial charge in [0.1, 0.15) is 5.82 Å². The van der Waals surface area contributed by atoms with Gasteiger partial charge in [0.25, 0.3) is 5.91 Å². The molecular formula is C11H16N6O. The minimum atomic E-state index is -0.152. The Kier molecular flexibility index (Phi) is 3.31. The van der Waals surface area contributed by atoms with Crippen LogP contribution in [0.25, 0.3) is 0 Å². The second-order valence-corrected chi connectivity index (χ2v) is 4.01. The summed E-state index contributed by atoms with van der Waals surface area (Å²) in [6, 6.07) is 0. The summed E-state index contributed by atoms with van der Waals surface area (Å²) in [4.78, 5) is 12.0. The SMILES string of the molecule is CCc1nn(C)cc1C(=O)NCc1cn[nH]c1N. The lowest BCUT2D eigenvalue weighted by Crippen LogP contribution is -2.23. The van der Waals surface area contributed by atoms with Crippen molar-refractivity contribution < 1.29 is 4.79 Å². The van der Waals surface area contributed by atoms with Gasteiger partial charge in [0.15, 0.2) is 0 Å². The van der Waals surface area contributed by atoms with Gasteiger partial charge in [-0.25, -0.2) is 0 Å². The number of anilines is 1. The van der Waals surface area contributed by atoms with Crippen LogP contribution in [-0.4, -0.2) is 25.9 Å². The summed E-state index contributed by atoms with van der Waals surface area (Å²) in [5, 5.41) is 13.4. The fourth-order valence-electron chi connectivity index (χ4n) is 1.72. The Morgan fingerprint density at radius 3 is 3.00 bits per heavy atom. The van der Waals surface area contributed by atoms with Crippen LogP contribution in [0.3, 0.4) is 0 Å². The second kappa shape index (κ2) is 4.91. The third-order valence-corrected chi connectivity index (χ3v) is 2.68. The molecule has 0 fully saturated rings. The number of aryl methyl sites for hydroxylation is 2. The van der Waals surface area contributed by atoms with E-state index >= 15 is 0 Å². The summed E-state index contributed by atoms with van der Waals surface area (Å²) in [6.45, 7) is 2.31. The van der Waals surface area contributed by atoms with Crippen molar-refractivity contribution in [3.8, 4) is 0 Å². The van der Waals surface area contributed by atoms with E-state index in [0.29, 0.717) is 17.9 Å². The minimum absolute atomic E-state index is 0.152. The summed E-state index contributed by atoms with van der Waals surface area (Å²) in [6.07, 6.45) is 4.03. The Morgan fingerprint density at radius 1 is 1.61 bits per heavy atom. The molecule has 1 amide bonds.